The number of aromatic nitrogens is 1. The summed E-state index contributed by atoms with van der Waals surface area (Å²) >= 11 is 0. The number of carbonyl (C=O) groups excluding carboxylic acids is 1. The molecule has 0 aliphatic heterocycles. The Bertz CT molecular complexity index is 474. The lowest BCUT2D eigenvalue weighted by Crippen LogP contribution is -2.38. The van der Waals surface area contributed by atoms with E-state index in [1.807, 2.05) is 13.8 Å². The van der Waals surface area contributed by atoms with Crippen LogP contribution in [0, 0.1) is 5.92 Å². The van der Waals surface area contributed by atoms with E-state index in [0.717, 1.165) is 0 Å². The molecule has 1 aromatic heterocycles. The molecule has 1 amide bonds. The van der Waals surface area contributed by atoms with E-state index in [1.165, 1.54) is 18.3 Å². The van der Waals surface area contributed by atoms with Crippen molar-refractivity contribution in [2.75, 3.05) is 26.8 Å². The topological polar surface area (TPSA) is 79.7 Å². The summed E-state index contributed by atoms with van der Waals surface area (Å²) in [6.07, 6.45) is 1.42. The van der Waals surface area contributed by atoms with Crippen LogP contribution in [0.3, 0.4) is 0 Å². The second-order valence-corrected chi connectivity index (χ2v) is 4.84. The van der Waals surface area contributed by atoms with Crippen LogP contribution in [0.5, 0.6) is 0 Å². The quantitative estimate of drug-likeness (QED) is 0.819. The number of carbonyl (C=O) groups is 2. The van der Waals surface area contributed by atoms with E-state index >= 15 is 0 Å². The van der Waals surface area contributed by atoms with Gasteiger partial charge < -0.3 is 14.7 Å². The summed E-state index contributed by atoms with van der Waals surface area (Å²) in [5.74, 6) is -1.26. The van der Waals surface area contributed by atoms with Gasteiger partial charge in [0.25, 0.3) is 5.91 Å². The summed E-state index contributed by atoms with van der Waals surface area (Å²) in [5, 5.41) is 9.12. The minimum Gasteiger partial charge on any atom is -0.478 e. The maximum Gasteiger partial charge on any atom is 0.338 e. The molecule has 0 aliphatic carbocycles. The van der Waals surface area contributed by atoms with Gasteiger partial charge in [0.1, 0.15) is 5.69 Å². The second-order valence-electron chi connectivity index (χ2n) is 4.84. The number of carboxylic acid groups (broad SMARTS) is 1. The summed E-state index contributed by atoms with van der Waals surface area (Å²) < 4.78 is 4.99. The first kappa shape index (κ1) is 16.1. The molecule has 0 atom stereocenters. The minimum atomic E-state index is -1.15. The summed E-state index contributed by atoms with van der Waals surface area (Å²) in [4.78, 5) is 29.1. The van der Waals surface area contributed by atoms with Crippen molar-refractivity contribution in [3.05, 3.63) is 29.6 Å². The highest BCUT2D eigenvalue weighted by molar-refractivity contribution is 6.03. The van der Waals surface area contributed by atoms with Crippen molar-refractivity contribution in [2.24, 2.45) is 5.92 Å². The molecule has 0 saturated heterocycles. The molecule has 110 valence electrons. The Labute approximate surface area is 118 Å². The Balaban J connectivity index is 3.02. The van der Waals surface area contributed by atoms with Crippen LogP contribution in [0.1, 0.15) is 34.7 Å². The van der Waals surface area contributed by atoms with E-state index in [9.17, 15) is 9.59 Å². The van der Waals surface area contributed by atoms with Crippen LogP contribution in [0.15, 0.2) is 18.3 Å². The van der Waals surface area contributed by atoms with Crippen molar-refractivity contribution in [2.45, 2.75) is 13.8 Å². The molecular formula is C14H20N2O4. The first-order valence-corrected chi connectivity index (χ1v) is 6.43. The lowest BCUT2D eigenvalue weighted by Gasteiger charge is -2.24. The first-order chi connectivity index (χ1) is 9.47. The molecule has 0 saturated carbocycles. The molecule has 20 heavy (non-hydrogen) atoms. The van der Waals surface area contributed by atoms with Gasteiger partial charge in [0, 0.05) is 26.4 Å². The van der Waals surface area contributed by atoms with E-state index in [0.29, 0.717) is 19.7 Å². The van der Waals surface area contributed by atoms with Crippen LogP contribution in [0.2, 0.25) is 0 Å². The van der Waals surface area contributed by atoms with Crippen molar-refractivity contribution in [1.29, 1.82) is 0 Å². The fourth-order valence-electron chi connectivity index (χ4n) is 1.82. The zero-order valence-corrected chi connectivity index (χ0v) is 12.0. The predicted molar refractivity (Wildman–Crippen MR) is 73.8 cm³/mol. The fourth-order valence-corrected chi connectivity index (χ4v) is 1.82. The van der Waals surface area contributed by atoms with Gasteiger partial charge in [0.05, 0.1) is 12.2 Å². The van der Waals surface area contributed by atoms with Crippen molar-refractivity contribution in [3.63, 3.8) is 0 Å². The first-order valence-electron chi connectivity index (χ1n) is 6.43. The summed E-state index contributed by atoms with van der Waals surface area (Å²) in [7, 11) is 1.56. The lowest BCUT2D eigenvalue weighted by molar-refractivity contribution is 0.0637. The molecule has 1 rings (SSSR count). The third kappa shape index (κ3) is 4.31. The summed E-state index contributed by atoms with van der Waals surface area (Å²) in [5.41, 5.74) is -0.111. The predicted octanol–water partition coefficient (Wildman–Crippen LogP) is 1.52. The third-order valence-corrected chi connectivity index (χ3v) is 2.68. The molecule has 0 fully saturated rings. The van der Waals surface area contributed by atoms with Gasteiger partial charge in [0.15, 0.2) is 0 Å². The standard InChI is InChI=1S/C14H20N2O4/c1-10(2)9-16(7-8-20-3)13(17)12-11(14(18)19)5-4-6-15-12/h4-6,10H,7-9H2,1-3H3,(H,18,19). The maximum atomic E-state index is 12.5. The van der Waals surface area contributed by atoms with Crippen LogP contribution in [0.25, 0.3) is 0 Å². The maximum absolute atomic E-state index is 12.5. The molecule has 0 radical (unpaired) electrons. The zero-order valence-electron chi connectivity index (χ0n) is 12.0. The molecule has 1 heterocycles. The van der Waals surface area contributed by atoms with Crippen LogP contribution in [-0.4, -0.2) is 53.7 Å². The normalized spacial score (nSPS) is 10.6. The van der Waals surface area contributed by atoms with E-state index < -0.39 is 5.97 Å². The van der Waals surface area contributed by atoms with Gasteiger partial charge in [-0.1, -0.05) is 13.8 Å². The van der Waals surface area contributed by atoms with E-state index in [-0.39, 0.29) is 23.1 Å². The Kier molecular flexibility index (Phi) is 6.11. The number of pyridine rings is 1. The van der Waals surface area contributed by atoms with Gasteiger partial charge in [-0.05, 0) is 18.1 Å². The van der Waals surface area contributed by atoms with E-state index in [4.69, 9.17) is 9.84 Å². The summed E-state index contributed by atoms with van der Waals surface area (Å²) in [6, 6.07) is 2.88. The van der Waals surface area contributed by atoms with Crippen molar-refractivity contribution >= 4 is 11.9 Å². The van der Waals surface area contributed by atoms with E-state index in [1.54, 1.807) is 12.0 Å². The highest BCUT2D eigenvalue weighted by atomic mass is 16.5. The molecule has 0 aliphatic rings. The molecule has 0 spiro atoms. The van der Waals surface area contributed by atoms with Crippen LogP contribution >= 0.6 is 0 Å². The number of rotatable bonds is 7. The average molecular weight is 280 g/mol. The molecule has 0 aromatic carbocycles. The monoisotopic (exact) mass is 280 g/mol. The van der Waals surface area contributed by atoms with Gasteiger partial charge in [-0.25, -0.2) is 4.79 Å². The van der Waals surface area contributed by atoms with Gasteiger partial charge >= 0.3 is 5.97 Å². The van der Waals surface area contributed by atoms with Crippen molar-refractivity contribution < 1.29 is 19.4 Å². The number of carboxylic acids is 1. The number of aromatic carboxylic acids is 1. The largest absolute Gasteiger partial charge is 0.478 e. The van der Waals surface area contributed by atoms with E-state index in [2.05, 4.69) is 4.98 Å². The fraction of sp³-hybridized carbons (Fsp3) is 0.500. The lowest BCUT2D eigenvalue weighted by atomic mass is 10.1. The number of hydrogen-bond donors (Lipinski definition) is 1. The van der Waals surface area contributed by atoms with Crippen molar-refractivity contribution in [3.8, 4) is 0 Å². The minimum absolute atomic E-state index is 0.0308. The van der Waals surface area contributed by atoms with Gasteiger partial charge in [0.2, 0.25) is 0 Å². The van der Waals surface area contributed by atoms with Crippen molar-refractivity contribution in [1.82, 2.24) is 9.88 Å². The highest BCUT2D eigenvalue weighted by Crippen LogP contribution is 2.11. The molecule has 1 N–H and O–H groups in total. The van der Waals surface area contributed by atoms with Crippen LogP contribution in [0.4, 0.5) is 0 Å². The SMILES string of the molecule is COCCN(CC(C)C)C(=O)c1ncccc1C(=O)O. The Hall–Kier alpha value is -1.95. The molecule has 6 nitrogen and oxygen atoms in total. The summed E-state index contributed by atoms with van der Waals surface area (Å²) in [6.45, 7) is 5.31. The Morgan fingerprint density at radius 2 is 2.15 bits per heavy atom. The molecule has 0 unspecified atom stereocenters. The molecule has 0 bridgehead atoms. The third-order valence-electron chi connectivity index (χ3n) is 2.68. The number of hydrogen-bond acceptors (Lipinski definition) is 4. The van der Waals surface area contributed by atoms with Gasteiger partial charge in [-0.3, -0.25) is 9.78 Å². The van der Waals surface area contributed by atoms with Gasteiger partial charge in [-0.15, -0.1) is 0 Å². The highest BCUT2D eigenvalue weighted by Gasteiger charge is 2.23. The average Bonchev–Trinajstić information content (AvgIpc) is 2.42. The molecule has 1 aromatic rings. The zero-order chi connectivity index (χ0) is 15.1. The molecular weight excluding hydrogens is 260 g/mol. The number of amides is 1. The van der Waals surface area contributed by atoms with Crippen LogP contribution < -0.4 is 0 Å². The smallest absolute Gasteiger partial charge is 0.338 e. The van der Waals surface area contributed by atoms with Gasteiger partial charge in [-0.2, -0.15) is 0 Å². The Morgan fingerprint density at radius 1 is 1.45 bits per heavy atom. The van der Waals surface area contributed by atoms with Crippen LogP contribution in [-0.2, 0) is 4.74 Å². The number of ether oxygens (including phenoxy) is 1. The Morgan fingerprint density at radius 3 is 2.70 bits per heavy atom. The second kappa shape index (κ2) is 7.59. The number of methoxy groups -OCH3 is 1. The molecule has 6 heteroatoms. The number of nitrogens with zero attached hydrogens (tertiary/aromatic N) is 2.